The molecular weight excluding hydrogens is 320 g/mol. The van der Waals surface area contributed by atoms with Gasteiger partial charge in [0.05, 0.1) is 5.69 Å². The molecule has 0 saturated heterocycles. The van der Waals surface area contributed by atoms with Crippen LogP contribution in [0.1, 0.15) is 19.3 Å². The number of nitrogens with one attached hydrogen (secondary N) is 2. The summed E-state index contributed by atoms with van der Waals surface area (Å²) >= 11 is 3.25. The van der Waals surface area contributed by atoms with Crippen molar-refractivity contribution in [3.05, 3.63) is 28.7 Å². The molecule has 1 aliphatic carbocycles. The lowest BCUT2D eigenvalue weighted by atomic mass is 10.3. The van der Waals surface area contributed by atoms with Crippen LogP contribution >= 0.6 is 15.9 Å². The lowest BCUT2D eigenvalue weighted by Crippen LogP contribution is -2.35. The summed E-state index contributed by atoms with van der Waals surface area (Å²) in [5.74, 6) is -0.102. The van der Waals surface area contributed by atoms with Crippen molar-refractivity contribution in [3.8, 4) is 0 Å². The van der Waals surface area contributed by atoms with Gasteiger partial charge >= 0.3 is 10.2 Å². The first kappa shape index (κ1) is 13.4. The smallest absolute Gasteiger partial charge is 0.274 e. The molecule has 0 spiro atoms. The third-order valence-electron chi connectivity index (χ3n) is 2.52. The second-order valence-electron chi connectivity index (χ2n) is 4.29. The fourth-order valence-corrected chi connectivity index (χ4v) is 2.62. The minimum Gasteiger partial charge on any atom is -0.274 e. The highest BCUT2D eigenvalue weighted by molar-refractivity contribution is 9.10. The number of benzene rings is 1. The van der Waals surface area contributed by atoms with Gasteiger partial charge in [0, 0.05) is 10.9 Å². The van der Waals surface area contributed by atoms with Gasteiger partial charge in [-0.25, -0.2) is 4.72 Å². The number of rotatable bonds is 5. The Labute approximate surface area is 114 Å². The van der Waals surface area contributed by atoms with Crippen molar-refractivity contribution in [2.24, 2.45) is 5.92 Å². The molecule has 0 aliphatic heterocycles. The van der Waals surface area contributed by atoms with Crippen LogP contribution in [0.5, 0.6) is 0 Å². The van der Waals surface area contributed by atoms with E-state index in [0.717, 1.165) is 17.3 Å². The second kappa shape index (κ2) is 5.27. The summed E-state index contributed by atoms with van der Waals surface area (Å²) < 4.78 is 28.4. The van der Waals surface area contributed by atoms with Gasteiger partial charge in [-0.15, -0.1) is 0 Å². The van der Waals surface area contributed by atoms with Gasteiger partial charge in [-0.05, 0) is 43.0 Å². The fourth-order valence-electron chi connectivity index (χ4n) is 1.47. The molecule has 1 saturated carbocycles. The van der Waals surface area contributed by atoms with Crippen LogP contribution in [0.15, 0.2) is 28.7 Å². The Bertz CT molecular complexity index is 538. The van der Waals surface area contributed by atoms with E-state index in [4.69, 9.17) is 0 Å². The summed E-state index contributed by atoms with van der Waals surface area (Å²) in [5, 5.41) is 0. The van der Waals surface area contributed by atoms with Crippen LogP contribution in [0, 0.1) is 5.92 Å². The van der Waals surface area contributed by atoms with Crippen molar-refractivity contribution in [2.45, 2.75) is 19.3 Å². The van der Waals surface area contributed by atoms with Crippen LogP contribution < -0.4 is 9.44 Å². The van der Waals surface area contributed by atoms with Gasteiger partial charge in [-0.2, -0.15) is 8.42 Å². The van der Waals surface area contributed by atoms with Crippen LogP contribution in [0.25, 0.3) is 0 Å². The van der Waals surface area contributed by atoms with Gasteiger partial charge in [0.2, 0.25) is 5.91 Å². The molecule has 0 aromatic heterocycles. The first-order valence-corrected chi connectivity index (χ1v) is 7.81. The minimum absolute atomic E-state index is 0.279. The highest BCUT2D eigenvalue weighted by atomic mass is 79.9. The first-order valence-electron chi connectivity index (χ1n) is 5.53. The normalized spacial score (nSPS) is 15.2. The van der Waals surface area contributed by atoms with E-state index in [0.29, 0.717) is 11.6 Å². The number of carbonyl (C=O) groups excluding carboxylic acids is 1. The summed E-state index contributed by atoms with van der Waals surface area (Å²) in [6.45, 7) is 0. The van der Waals surface area contributed by atoms with Gasteiger partial charge in [0.15, 0.2) is 0 Å². The molecule has 7 heteroatoms. The Kier molecular flexibility index (Phi) is 3.91. The molecular formula is C11H13BrN2O3S. The summed E-state index contributed by atoms with van der Waals surface area (Å²) in [6, 6.07) is 6.64. The topological polar surface area (TPSA) is 75.3 Å². The van der Waals surface area contributed by atoms with E-state index in [2.05, 4.69) is 20.7 Å². The molecule has 5 nitrogen and oxygen atoms in total. The third kappa shape index (κ3) is 4.30. The monoisotopic (exact) mass is 332 g/mol. The molecule has 98 valence electrons. The summed E-state index contributed by atoms with van der Waals surface area (Å²) in [6.07, 6.45) is 2.29. The number of hydrogen-bond donors (Lipinski definition) is 2. The average Bonchev–Trinajstić information content (AvgIpc) is 3.04. The summed E-state index contributed by atoms with van der Waals surface area (Å²) in [5.41, 5.74) is 0.407. The van der Waals surface area contributed by atoms with E-state index >= 15 is 0 Å². The number of anilines is 1. The first-order chi connectivity index (χ1) is 8.44. The van der Waals surface area contributed by atoms with Crippen molar-refractivity contribution < 1.29 is 13.2 Å². The van der Waals surface area contributed by atoms with Crippen LogP contribution in [0.3, 0.4) is 0 Å². The van der Waals surface area contributed by atoms with Gasteiger partial charge in [0.25, 0.3) is 0 Å². The van der Waals surface area contributed by atoms with Gasteiger partial charge in [-0.1, -0.05) is 15.9 Å². The Morgan fingerprint density at radius 2 is 1.89 bits per heavy atom. The van der Waals surface area contributed by atoms with Crippen LogP contribution in [-0.2, 0) is 15.0 Å². The highest BCUT2D eigenvalue weighted by Crippen LogP contribution is 2.32. The second-order valence-corrected chi connectivity index (χ2v) is 6.62. The van der Waals surface area contributed by atoms with E-state index in [1.165, 1.54) is 0 Å². The maximum Gasteiger partial charge on any atom is 0.323 e. The molecule has 1 aromatic carbocycles. The number of hydrogen-bond acceptors (Lipinski definition) is 3. The molecule has 18 heavy (non-hydrogen) atoms. The predicted molar refractivity (Wildman–Crippen MR) is 72.2 cm³/mol. The zero-order valence-corrected chi connectivity index (χ0v) is 11.9. The quantitative estimate of drug-likeness (QED) is 0.866. The molecule has 1 aromatic rings. The van der Waals surface area contributed by atoms with E-state index in [1.54, 1.807) is 24.3 Å². The van der Waals surface area contributed by atoms with Crippen molar-refractivity contribution in [1.82, 2.24) is 4.72 Å². The molecule has 0 heterocycles. The Hall–Kier alpha value is -1.08. The molecule has 0 bridgehead atoms. The summed E-state index contributed by atoms with van der Waals surface area (Å²) in [7, 11) is -3.83. The molecule has 1 aliphatic rings. The summed E-state index contributed by atoms with van der Waals surface area (Å²) in [4.78, 5) is 11.4. The zero-order valence-electron chi connectivity index (χ0n) is 9.52. The molecule has 0 radical (unpaired) electrons. The van der Waals surface area contributed by atoms with Gasteiger partial charge in [-0.3, -0.25) is 9.52 Å². The van der Waals surface area contributed by atoms with E-state index in [9.17, 15) is 13.2 Å². The minimum atomic E-state index is -3.83. The van der Waals surface area contributed by atoms with Gasteiger partial charge in [0.1, 0.15) is 0 Å². The van der Waals surface area contributed by atoms with E-state index in [-0.39, 0.29) is 6.42 Å². The van der Waals surface area contributed by atoms with E-state index in [1.807, 2.05) is 4.72 Å². The molecule has 0 atom stereocenters. The number of carbonyl (C=O) groups is 1. The van der Waals surface area contributed by atoms with Crippen molar-refractivity contribution in [3.63, 3.8) is 0 Å². The average molecular weight is 333 g/mol. The fraction of sp³-hybridized carbons (Fsp3) is 0.364. The van der Waals surface area contributed by atoms with Crippen LogP contribution in [0.2, 0.25) is 0 Å². The Balaban J connectivity index is 1.93. The lowest BCUT2D eigenvalue weighted by molar-refractivity contribution is -0.119. The van der Waals surface area contributed by atoms with Crippen molar-refractivity contribution in [2.75, 3.05) is 4.72 Å². The maximum absolute atomic E-state index is 11.6. The third-order valence-corrected chi connectivity index (χ3v) is 4.05. The zero-order chi connectivity index (χ0) is 13.2. The predicted octanol–water partition coefficient (Wildman–Crippen LogP) is 2.02. The van der Waals surface area contributed by atoms with Crippen LogP contribution in [0.4, 0.5) is 5.69 Å². The van der Waals surface area contributed by atoms with Crippen molar-refractivity contribution in [1.29, 1.82) is 0 Å². The SMILES string of the molecule is O=C(CC1CC1)NS(=O)(=O)Nc1ccc(Br)cc1. The highest BCUT2D eigenvalue weighted by Gasteiger charge is 2.26. The van der Waals surface area contributed by atoms with E-state index < -0.39 is 16.1 Å². The molecule has 1 fully saturated rings. The van der Waals surface area contributed by atoms with Gasteiger partial charge < -0.3 is 0 Å². The lowest BCUT2D eigenvalue weighted by Gasteiger charge is -2.09. The Morgan fingerprint density at radius 1 is 1.28 bits per heavy atom. The Morgan fingerprint density at radius 3 is 2.44 bits per heavy atom. The number of halogens is 1. The molecule has 2 rings (SSSR count). The molecule has 2 N–H and O–H groups in total. The molecule has 1 amide bonds. The number of amides is 1. The molecule has 0 unspecified atom stereocenters. The standard InChI is InChI=1S/C11H13BrN2O3S/c12-9-3-5-10(6-4-9)13-18(16,17)14-11(15)7-8-1-2-8/h3-6,8,13H,1-2,7H2,(H,14,15). The van der Waals surface area contributed by atoms with Crippen LogP contribution in [-0.4, -0.2) is 14.3 Å². The van der Waals surface area contributed by atoms with Crippen molar-refractivity contribution >= 4 is 37.7 Å². The maximum atomic E-state index is 11.6. The largest absolute Gasteiger partial charge is 0.323 e.